The van der Waals surface area contributed by atoms with Gasteiger partial charge in [-0.2, -0.15) is 0 Å². The number of rotatable bonds is 5. The highest BCUT2D eigenvalue weighted by molar-refractivity contribution is 7.89. The summed E-state index contributed by atoms with van der Waals surface area (Å²) < 4.78 is 32.4. The molecule has 0 saturated heterocycles. The van der Waals surface area contributed by atoms with Crippen molar-refractivity contribution in [2.45, 2.75) is 17.9 Å². The fraction of sp³-hybridized carbons (Fsp3) is 0.231. The van der Waals surface area contributed by atoms with Crippen LogP contribution in [0.2, 0.25) is 0 Å². The molecule has 0 radical (unpaired) electrons. The van der Waals surface area contributed by atoms with Crippen molar-refractivity contribution in [1.29, 1.82) is 0 Å². The van der Waals surface area contributed by atoms with E-state index in [4.69, 9.17) is 4.74 Å². The van der Waals surface area contributed by atoms with Gasteiger partial charge in [0.2, 0.25) is 10.0 Å². The van der Waals surface area contributed by atoms with Crippen molar-refractivity contribution in [1.82, 2.24) is 4.72 Å². The van der Waals surface area contributed by atoms with E-state index in [9.17, 15) is 8.42 Å². The molecular formula is C13H15NO3S2. The Morgan fingerprint density at radius 3 is 2.58 bits per heavy atom. The molecule has 0 aliphatic rings. The molecule has 1 N–H and O–H groups in total. The maximum absolute atomic E-state index is 12.3. The summed E-state index contributed by atoms with van der Waals surface area (Å²) in [5.74, 6) is 0.341. The molecule has 0 amide bonds. The van der Waals surface area contributed by atoms with Crippen LogP contribution in [0.15, 0.2) is 46.7 Å². The van der Waals surface area contributed by atoms with Crippen molar-refractivity contribution in [3.63, 3.8) is 0 Å². The molecule has 6 heteroatoms. The molecule has 1 aromatic heterocycles. The monoisotopic (exact) mass is 297 g/mol. The minimum atomic E-state index is -3.60. The van der Waals surface area contributed by atoms with Gasteiger partial charge in [-0.1, -0.05) is 18.2 Å². The first kappa shape index (κ1) is 14.0. The van der Waals surface area contributed by atoms with Crippen molar-refractivity contribution in [3.05, 3.63) is 46.7 Å². The van der Waals surface area contributed by atoms with Gasteiger partial charge in [-0.05, 0) is 30.5 Å². The molecule has 1 aromatic carbocycles. The summed E-state index contributed by atoms with van der Waals surface area (Å²) >= 11 is 1.52. The summed E-state index contributed by atoms with van der Waals surface area (Å²) in [5.41, 5.74) is 0. The minimum Gasteiger partial charge on any atom is -0.495 e. The number of nitrogens with one attached hydrogen (secondary N) is 1. The van der Waals surface area contributed by atoms with Crippen LogP contribution < -0.4 is 9.46 Å². The fourth-order valence-corrected chi connectivity index (χ4v) is 3.94. The Morgan fingerprint density at radius 2 is 1.95 bits per heavy atom. The molecular weight excluding hydrogens is 282 g/mol. The van der Waals surface area contributed by atoms with Crippen LogP contribution in [0.1, 0.15) is 17.8 Å². The first-order valence-corrected chi connectivity index (χ1v) is 8.09. The van der Waals surface area contributed by atoms with E-state index in [1.54, 1.807) is 18.2 Å². The maximum atomic E-state index is 12.3. The van der Waals surface area contributed by atoms with Crippen molar-refractivity contribution in [2.75, 3.05) is 7.11 Å². The molecule has 0 aliphatic carbocycles. The predicted molar refractivity (Wildman–Crippen MR) is 76.0 cm³/mol. The molecule has 4 nitrogen and oxygen atoms in total. The Kier molecular flexibility index (Phi) is 4.24. The van der Waals surface area contributed by atoms with E-state index in [1.165, 1.54) is 24.5 Å². The van der Waals surface area contributed by atoms with Crippen LogP contribution in [-0.2, 0) is 10.0 Å². The van der Waals surface area contributed by atoms with E-state index in [0.29, 0.717) is 5.75 Å². The second-order valence-corrected chi connectivity index (χ2v) is 6.67. The van der Waals surface area contributed by atoms with Crippen molar-refractivity contribution in [3.8, 4) is 5.75 Å². The molecule has 1 heterocycles. The van der Waals surface area contributed by atoms with Gasteiger partial charge >= 0.3 is 0 Å². The maximum Gasteiger partial charge on any atom is 0.244 e. The fourth-order valence-electron chi connectivity index (χ4n) is 1.73. The zero-order valence-electron chi connectivity index (χ0n) is 10.7. The lowest BCUT2D eigenvalue weighted by molar-refractivity contribution is 0.402. The summed E-state index contributed by atoms with van der Waals surface area (Å²) in [6, 6.07) is 10.1. The van der Waals surface area contributed by atoms with Crippen molar-refractivity contribution >= 4 is 21.4 Å². The molecule has 19 heavy (non-hydrogen) atoms. The zero-order chi connectivity index (χ0) is 13.9. The molecule has 2 aromatic rings. The number of benzene rings is 1. The van der Waals surface area contributed by atoms with Gasteiger partial charge in [0.1, 0.15) is 10.6 Å². The number of sulfonamides is 1. The lowest BCUT2D eigenvalue weighted by atomic mass is 10.3. The Bertz CT molecular complexity index is 636. The third kappa shape index (κ3) is 3.15. The van der Waals surface area contributed by atoms with E-state index in [2.05, 4.69) is 4.72 Å². The lowest BCUT2D eigenvalue weighted by Gasteiger charge is -2.14. The van der Waals surface area contributed by atoms with Gasteiger partial charge in [-0.3, -0.25) is 0 Å². The first-order chi connectivity index (χ1) is 9.04. The smallest absolute Gasteiger partial charge is 0.244 e. The van der Waals surface area contributed by atoms with Gasteiger partial charge in [-0.25, -0.2) is 13.1 Å². The standard InChI is InChI=1S/C13H15NO3S2/c1-10(12-7-5-9-18-12)14-19(15,16)13-8-4-3-6-11(13)17-2/h3-10,14H,1-2H3. The number of hydrogen-bond acceptors (Lipinski definition) is 4. The molecule has 1 atom stereocenters. The van der Waals surface area contributed by atoms with Gasteiger partial charge in [0.15, 0.2) is 0 Å². The molecule has 0 bridgehead atoms. The third-order valence-electron chi connectivity index (χ3n) is 2.66. The number of hydrogen-bond donors (Lipinski definition) is 1. The average molecular weight is 297 g/mol. The summed E-state index contributed by atoms with van der Waals surface area (Å²) in [6.07, 6.45) is 0. The summed E-state index contributed by atoms with van der Waals surface area (Å²) in [5, 5.41) is 1.92. The van der Waals surface area contributed by atoms with Gasteiger partial charge in [0.25, 0.3) is 0 Å². The Balaban J connectivity index is 2.28. The van der Waals surface area contributed by atoms with Gasteiger partial charge in [-0.15, -0.1) is 11.3 Å². The van der Waals surface area contributed by atoms with Crippen LogP contribution in [0.5, 0.6) is 5.75 Å². The molecule has 0 aliphatic heterocycles. The average Bonchev–Trinajstić information content (AvgIpc) is 2.92. The summed E-state index contributed by atoms with van der Waals surface area (Å²) in [7, 11) is -2.14. The van der Waals surface area contributed by atoms with Crippen LogP contribution in [0.3, 0.4) is 0 Å². The van der Waals surface area contributed by atoms with E-state index in [0.717, 1.165) is 4.88 Å². The Morgan fingerprint density at radius 1 is 1.21 bits per heavy atom. The van der Waals surface area contributed by atoms with Gasteiger partial charge in [0, 0.05) is 4.88 Å². The number of thiophene rings is 1. The second kappa shape index (κ2) is 5.73. The highest BCUT2D eigenvalue weighted by Gasteiger charge is 2.22. The predicted octanol–water partition coefficient (Wildman–Crippen LogP) is 2.80. The largest absolute Gasteiger partial charge is 0.495 e. The quantitative estimate of drug-likeness (QED) is 0.923. The molecule has 0 spiro atoms. The van der Waals surface area contributed by atoms with Crippen molar-refractivity contribution < 1.29 is 13.2 Å². The SMILES string of the molecule is COc1ccccc1S(=O)(=O)NC(C)c1cccs1. The zero-order valence-corrected chi connectivity index (χ0v) is 12.3. The third-order valence-corrected chi connectivity index (χ3v) is 5.30. The van der Waals surface area contributed by atoms with Gasteiger partial charge in [0.05, 0.1) is 13.2 Å². The summed E-state index contributed by atoms with van der Waals surface area (Å²) in [6.45, 7) is 1.82. The molecule has 1 unspecified atom stereocenters. The Labute approximate surface area is 117 Å². The van der Waals surface area contributed by atoms with E-state index < -0.39 is 10.0 Å². The number of methoxy groups -OCH3 is 1. The molecule has 2 rings (SSSR count). The van der Waals surface area contributed by atoms with E-state index in [-0.39, 0.29) is 10.9 Å². The summed E-state index contributed by atoms with van der Waals surface area (Å²) in [4.78, 5) is 1.12. The highest BCUT2D eigenvalue weighted by Crippen LogP contribution is 2.26. The van der Waals surface area contributed by atoms with Crippen LogP contribution >= 0.6 is 11.3 Å². The van der Waals surface area contributed by atoms with E-state index >= 15 is 0 Å². The molecule has 102 valence electrons. The lowest BCUT2D eigenvalue weighted by Crippen LogP contribution is -2.26. The Hall–Kier alpha value is -1.37. The van der Waals surface area contributed by atoms with Gasteiger partial charge < -0.3 is 4.74 Å². The normalized spacial score (nSPS) is 13.2. The highest BCUT2D eigenvalue weighted by atomic mass is 32.2. The van der Waals surface area contributed by atoms with Crippen LogP contribution in [0, 0.1) is 0 Å². The first-order valence-electron chi connectivity index (χ1n) is 5.73. The number of para-hydroxylation sites is 1. The van der Waals surface area contributed by atoms with E-state index in [1.807, 2.05) is 24.4 Å². The second-order valence-electron chi connectivity index (χ2n) is 4.01. The molecule has 0 fully saturated rings. The van der Waals surface area contributed by atoms with Crippen LogP contribution in [-0.4, -0.2) is 15.5 Å². The van der Waals surface area contributed by atoms with Crippen LogP contribution in [0.25, 0.3) is 0 Å². The topological polar surface area (TPSA) is 55.4 Å². The minimum absolute atomic E-state index is 0.154. The van der Waals surface area contributed by atoms with Crippen LogP contribution in [0.4, 0.5) is 0 Å². The number of ether oxygens (including phenoxy) is 1. The van der Waals surface area contributed by atoms with Crippen molar-refractivity contribution in [2.24, 2.45) is 0 Å². The molecule has 0 saturated carbocycles.